The first-order valence-electron chi connectivity index (χ1n) is 8.84. The number of hydrogen-bond donors (Lipinski definition) is 1. The fourth-order valence-corrected chi connectivity index (χ4v) is 4.66. The van der Waals surface area contributed by atoms with Crippen molar-refractivity contribution in [3.63, 3.8) is 0 Å². The van der Waals surface area contributed by atoms with Gasteiger partial charge in [-0.2, -0.15) is 5.10 Å². The van der Waals surface area contributed by atoms with E-state index in [1.165, 1.54) is 0 Å². The van der Waals surface area contributed by atoms with Gasteiger partial charge < -0.3 is 10.0 Å². The molecule has 4 rings (SSSR count). The molecular formula is C19H19ClN4O2S. The molecule has 1 aliphatic rings. The van der Waals surface area contributed by atoms with Gasteiger partial charge in [-0.15, -0.1) is 0 Å². The van der Waals surface area contributed by atoms with E-state index in [9.17, 15) is 9.90 Å². The van der Waals surface area contributed by atoms with Crippen LogP contribution in [0.25, 0.3) is 10.2 Å². The van der Waals surface area contributed by atoms with Crippen LogP contribution in [0.5, 0.6) is 0 Å². The molecule has 1 aromatic carbocycles. The van der Waals surface area contributed by atoms with Crippen LogP contribution in [0.3, 0.4) is 0 Å². The second kappa shape index (κ2) is 7.32. The predicted molar refractivity (Wildman–Crippen MR) is 108 cm³/mol. The normalized spacial score (nSPS) is 14.2. The summed E-state index contributed by atoms with van der Waals surface area (Å²) in [5, 5.41) is 15.1. The number of carbonyl (C=O) groups is 1. The molecule has 27 heavy (non-hydrogen) atoms. The van der Waals surface area contributed by atoms with Crippen molar-refractivity contribution in [1.29, 1.82) is 0 Å². The van der Waals surface area contributed by atoms with Gasteiger partial charge in [0.05, 0.1) is 16.8 Å². The molecule has 0 radical (unpaired) electrons. The Morgan fingerprint density at radius 3 is 2.89 bits per heavy atom. The lowest BCUT2D eigenvalue weighted by Crippen LogP contribution is -2.26. The summed E-state index contributed by atoms with van der Waals surface area (Å²) < 4.78 is 2.77. The molecule has 140 valence electrons. The highest BCUT2D eigenvalue weighted by atomic mass is 35.5. The number of benzene rings is 1. The SMILES string of the molecule is CCc1cc(C(=O)O)nn1Cc1cc(Cl)cc2sc(N3CC=CCC3)nc12. The minimum Gasteiger partial charge on any atom is -0.476 e. The predicted octanol–water partition coefficient (Wildman–Crippen LogP) is 4.22. The van der Waals surface area contributed by atoms with Gasteiger partial charge in [0, 0.05) is 29.4 Å². The van der Waals surface area contributed by atoms with Gasteiger partial charge in [-0.3, -0.25) is 4.68 Å². The zero-order valence-corrected chi connectivity index (χ0v) is 16.4. The molecule has 2 aromatic heterocycles. The van der Waals surface area contributed by atoms with E-state index >= 15 is 0 Å². The summed E-state index contributed by atoms with van der Waals surface area (Å²) in [6.45, 7) is 4.25. The summed E-state index contributed by atoms with van der Waals surface area (Å²) >= 11 is 7.98. The minimum atomic E-state index is -1.02. The number of hydrogen-bond acceptors (Lipinski definition) is 5. The number of halogens is 1. The lowest BCUT2D eigenvalue weighted by molar-refractivity contribution is 0.0689. The minimum absolute atomic E-state index is 0.0594. The Balaban J connectivity index is 1.74. The van der Waals surface area contributed by atoms with Gasteiger partial charge in [0.25, 0.3) is 0 Å². The maximum atomic E-state index is 11.3. The Labute approximate surface area is 165 Å². The lowest BCUT2D eigenvalue weighted by atomic mass is 10.2. The second-order valence-electron chi connectivity index (χ2n) is 6.45. The van der Waals surface area contributed by atoms with E-state index in [1.807, 2.05) is 19.1 Å². The molecule has 0 fully saturated rings. The largest absolute Gasteiger partial charge is 0.476 e. The Hall–Kier alpha value is -2.38. The first kappa shape index (κ1) is 18.0. The number of fused-ring (bicyclic) bond motifs is 1. The van der Waals surface area contributed by atoms with E-state index in [4.69, 9.17) is 16.6 Å². The molecule has 0 saturated carbocycles. The van der Waals surface area contributed by atoms with Gasteiger partial charge in [0.15, 0.2) is 10.8 Å². The van der Waals surface area contributed by atoms with Crippen LogP contribution in [-0.2, 0) is 13.0 Å². The number of nitrogens with zero attached hydrogens (tertiary/aromatic N) is 4. The zero-order valence-electron chi connectivity index (χ0n) is 14.9. The van der Waals surface area contributed by atoms with Crippen LogP contribution < -0.4 is 4.90 Å². The topological polar surface area (TPSA) is 71.2 Å². The summed E-state index contributed by atoms with van der Waals surface area (Å²) in [4.78, 5) is 18.4. The van der Waals surface area contributed by atoms with Crippen LogP contribution in [0.1, 0.15) is 35.1 Å². The van der Waals surface area contributed by atoms with Crippen molar-refractivity contribution in [3.05, 3.63) is 52.3 Å². The second-order valence-corrected chi connectivity index (χ2v) is 7.90. The molecule has 0 unspecified atom stereocenters. The van der Waals surface area contributed by atoms with Gasteiger partial charge >= 0.3 is 5.97 Å². The van der Waals surface area contributed by atoms with Crippen molar-refractivity contribution in [1.82, 2.24) is 14.8 Å². The van der Waals surface area contributed by atoms with E-state index in [1.54, 1.807) is 22.1 Å². The number of aromatic carboxylic acids is 1. The summed E-state index contributed by atoms with van der Waals surface area (Å²) in [6, 6.07) is 5.45. The average molecular weight is 403 g/mol. The summed E-state index contributed by atoms with van der Waals surface area (Å²) in [7, 11) is 0. The van der Waals surface area contributed by atoms with Crippen molar-refractivity contribution < 1.29 is 9.90 Å². The molecule has 0 aliphatic carbocycles. The van der Waals surface area contributed by atoms with Gasteiger partial charge in [-0.05, 0) is 31.0 Å². The number of rotatable bonds is 5. The number of anilines is 1. The molecular weight excluding hydrogens is 384 g/mol. The molecule has 0 bridgehead atoms. The fourth-order valence-electron chi connectivity index (χ4n) is 3.26. The molecule has 3 heterocycles. The van der Waals surface area contributed by atoms with Crippen LogP contribution in [0, 0.1) is 0 Å². The first-order chi connectivity index (χ1) is 13.0. The highest BCUT2D eigenvalue weighted by Gasteiger charge is 2.18. The number of aryl methyl sites for hydroxylation is 1. The first-order valence-corrected chi connectivity index (χ1v) is 10.0. The van der Waals surface area contributed by atoms with Gasteiger partial charge in [-0.25, -0.2) is 9.78 Å². The Morgan fingerprint density at radius 1 is 1.33 bits per heavy atom. The summed E-state index contributed by atoms with van der Waals surface area (Å²) in [5.41, 5.74) is 2.78. The maximum absolute atomic E-state index is 11.3. The fraction of sp³-hybridized carbons (Fsp3) is 0.316. The molecule has 0 saturated heterocycles. The molecule has 6 nitrogen and oxygen atoms in total. The lowest BCUT2D eigenvalue weighted by Gasteiger charge is -2.22. The van der Waals surface area contributed by atoms with E-state index in [2.05, 4.69) is 22.2 Å². The highest BCUT2D eigenvalue weighted by Crippen LogP contribution is 2.34. The Bertz CT molecular complexity index is 1040. The maximum Gasteiger partial charge on any atom is 0.356 e. The zero-order chi connectivity index (χ0) is 19.0. The van der Waals surface area contributed by atoms with Crippen LogP contribution in [0.15, 0.2) is 30.4 Å². The van der Waals surface area contributed by atoms with Crippen LogP contribution in [0.4, 0.5) is 5.13 Å². The standard InChI is InChI=1S/C19H19ClN4O2S/c1-2-14-10-15(18(25)26)22-24(14)11-12-8-13(20)9-16-17(12)21-19(27-16)23-6-4-3-5-7-23/h3-4,8-10H,2,5-7,11H2,1H3,(H,25,26). The third kappa shape index (κ3) is 3.57. The van der Waals surface area contributed by atoms with Gasteiger partial charge in [-0.1, -0.05) is 42.0 Å². The number of thiazole rings is 1. The summed E-state index contributed by atoms with van der Waals surface area (Å²) in [5.74, 6) is -1.02. The number of carboxylic acids is 1. The van der Waals surface area contributed by atoms with Crippen molar-refractivity contribution >= 4 is 44.3 Å². The number of carboxylic acid groups (broad SMARTS) is 1. The molecule has 8 heteroatoms. The third-order valence-electron chi connectivity index (χ3n) is 4.62. The van der Waals surface area contributed by atoms with Gasteiger partial charge in [0.1, 0.15) is 0 Å². The summed E-state index contributed by atoms with van der Waals surface area (Å²) in [6.07, 6.45) is 6.07. The molecule has 0 amide bonds. The molecule has 1 aliphatic heterocycles. The Morgan fingerprint density at radius 2 is 2.19 bits per heavy atom. The van der Waals surface area contributed by atoms with Gasteiger partial charge in [0.2, 0.25) is 0 Å². The van der Waals surface area contributed by atoms with E-state index in [0.717, 1.165) is 46.1 Å². The van der Waals surface area contributed by atoms with Crippen molar-refractivity contribution in [2.45, 2.75) is 26.3 Å². The molecule has 0 spiro atoms. The highest BCUT2D eigenvalue weighted by molar-refractivity contribution is 7.22. The molecule has 3 aromatic rings. The Kier molecular flexibility index (Phi) is 4.88. The monoisotopic (exact) mass is 402 g/mol. The van der Waals surface area contributed by atoms with E-state index in [-0.39, 0.29) is 5.69 Å². The van der Waals surface area contributed by atoms with Crippen LogP contribution in [0.2, 0.25) is 5.02 Å². The quantitative estimate of drug-likeness (QED) is 0.647. The number of aromatic nitrogens is 3. The van der Waals surface area contributed by atoms with Crippen LogP contribution in [-0.4, -0.2) is 38.9 Å². The molecule has 1 N–H and O–H groups in total. The van der Waals surface area contributed by atoms with Crippen molar-refractivity contribution in [2.75, 3.05) is 18.0 Å². The third-order valence-corrected chi connectivity index (χ3v) is 5.90. The molecule has 0 atom stereocenters. The van der Waals surface area contributed by atoms with E-state index < -0.39 is 5.97 Å². The average Bonchev–Trinajstić information content (AvgIpc) is 3.26. The smallest absolute Gasteiger partial charge is 0.356 e. The van der Waals surface area contributed by atoms with Crippen molar-refractivity contribution in [3.8, 4) is 0 Å². The van der Waals surface area contributed by atoms with Crippen molar-refractivity contribution in [2.24, 2.45) is 0 Å². The van der Waals surface area contributed by atoms with Crippen LogP contribution >= 0.6 is 22.9 Å². The van der Waals surface area contributed by atoms with E-state index in [0.29, 0.717) is 18.0 Å².